The molecule has 0 saturated heterocycles. The van der Waals surface area contributed by atoms with Gasteiger partial charge in [-0.2, -0.15) is 0 Å². The van der Waals surface area contributed by atoms with E-state index in [1.165, 1.54) is 30.3 Å². The summed E-state index contributed by atoms with van der Waals surface area (Å²) in [5, 5.41) is 5.65. The van der Waals surface area contributed by atoms with E-state index in [4.69, 9.17) is 11.6 Å². The van der Waals surface area contributed by atoms with Crippen LogP contribution in [0.15, 0.2) is 71.6 Å². The molecular formula is C25H26ClN3O4S. The summed E-state index contributed by atoms with van der Waals surface area (Å²) >= 11 is 6.30. The highest BCUT2D eigenvalue weighted by atomic mass is 35.5. The first-order valence-corrected chi connectivity index (χ1v) is 12.6. The third-order valence-electron chi connectivity index (χ3n) is 5.21. The van der Waals surface area contributed by atoms with Crippen molar-refractivity contribution < 1.29 is 18.0 Å². The number of hydrogen-bond donors (Lipinski definition) is 3. The van der Waals surface area contributed by atoms with Crippen molar-refractivity contribution in [2.45, 2.75) is 38.1 Å². The van der Waals surface area contributed by atoms with Crippen LogP contribution in [0.1, 0.15) is 46.5 Å². The van der Waals surface area contributed by atoms with E-state index in [1.807, 2.05) is 20.8 Å². The number of aryl methyl sites for hydroxylation is 1. The lowest BCUT2D eigenvalue weighted by Gasteiger charge is -2.15. The predicted molar refractivity (Wildman–Crippen MR) is 135 cm³/mol. The van der Waals surface area contributed by atoms with Gasteiger partial charge in [0.1, 0.15) is 0 Å². The average Bonchev–Trinajstić information content (AvgIpc) is 2.79. The van der Waals surface area contributed by atoms with Crippen molar-refractivity contribution in [1.29, 1.82) is 0 Å². The number of hydrogen-bond acceptors (Lipinski definition) is 4. The molecule has 3 N–H and O–H groups in total. The van der Waals surface area contributed by atoms with Gasteiger partial charge in [-0.15, -0.1) is 0 Å². The van der Waals surface area contributed by atoms with Crippen molar-refractivity contribution in [3.05, 3.63) is 88.4 Å². The molecule has 1 unspecified atom stereocenters. The standard InChI is InChI=1S/C25H26ClN3O4S/c1-4-17(3)27-25(31)21-7-5-6-8-23(21)28-24(30)20-14-11-18(15-22(20)26)29-34(32,33)19-12-9-16(2)10-13-19/h5-15,17,29H,4H2,1-3H3,(H,27,31)(H,28,30). The third-order valence-corrected chi connectivity index (χ3v) is 6.92. The number of halogens is 1. The molecule has 1 atom stereocenters. The fraction of sp³-hybridized carbons (Fsp3) is 0.200. The van der Waals surface area contributed by atoms with E-state index in [2.05, 4.69) is 15.4 Å². The fourth-order valence-electron chi connectivity index (χ4n) is 3.08. The smallest absolute Gasteiger partial charge is 0.261 e. The SMILES string of the molecule is CCC(C)NC(=O)c1ccccc1NC(=O)c1ccc(NS(=O)(=O)c2ccc(C)cc2)cc1Cl. The first-order chi connectivity index (χ1) is 16.1. The molecule has 0 aliphatic heterocycles. The number of carbonyl (C=O) groups excluding carboxylic acids is 2. The van der Waals surface area contributed by atoms with Crippen molar-refractivity contribution in [2.24, 2.45) is 0 Å². The molecule has 0 heterocycles. The lowest BCUT2D eigenvalue weighted by atomic mass is 10.1. The van der Waals surface area contributed by atoms with Gasteiger partial charge in [-0.05, 0) is 62.7 Å². The molecule has 0 aliphatic carbocycles. The second-order valence-electron chi connectivity index (χ2n) is 7.90. The number of para-hydroxylation sites is 1. The molecule has 3 aromatic carbocycles. The monoisotopic (exact) mass is 499 g/mol. The van der Waals surface area contributed by atoms with E-state index < -0.39 is 15.9 Å². The Morgan fingerprint density at radius 2 is 1.62 bits per heavy atom. The Kier molecular flexibility index (Phi) is 7.96. The molecule has 0 bridgehead atoms. The second-order valence-corrected chi connectivity index (χ2v) is 9.99. The number of amides is 2. The van der Waals surface area contributed by atoms with Crippen LogP contribution in [0.25, 0.3) is 0 Å². The normalized spacial score (nSPS) is 12.0. The highest BCUT2D eigenvalue weighted by Gasteiger charge is 2.19. The minimum absolute atomic E-state index is 0.0121. The number of benzene rings is 3. The van der Waals surface area contributed by atoms with Crippen LogP contribution in [0.4, 0.5) is 11.4 Å². The van der Waals surface area contributed by atoms with Crippen molar-refractivity contribution >= 4 is 44.8 Å². The molecule has 2 amide bonds. The molecule has 0 radical (unpaired) electrons. The Labute approximate surface area is 204 Å². The quantitative estimate of drug-likeness (QED) is 0.394. The zero-order valence-corrected chi connectivity index (χ0v) is 20.6. The van der Waals surface area contributed by atoms with Gasteiger partial charge in [0.25, 0.3) is 21.8 Å². The number of anilines is 2. The molecule has 9 heteroatoms. The first kappa shape index (κ1) is 25.3. The Morgan fingerprint density at radius 3 is 2.26 bits per heavy atom. The maximum Gasteiger partial charge on any atom is 0.261 e. The summed E-state index contributed by atoms with van der Waals surface area (Å²) in [4.78, 5) is 25.6. The molecule has 3 rings (SSSR count). The van der Waals surface area contributed by atoms with Gasteiger partial charge in [-0.3, -0.25) is 14.3 Å². The van der Waals surface area contributed by atoms with Gasteiger partial charge >= 0.3 is 0 Å². The lowest BCUT2D eigenvalue weighted by Crippen LogP contribution is -2.32. The van der Waals surface area contributed by atoms with Crippen LogP contribution < -0.4 is 15.4 Å². The van der Waals surface area contributed by atoms with Crippen LogP contribution in [0.2, 0.25) is 5.02 Å². The number of carbonyl (C=O) groups is 2. The van der Waals surface area contributed by atoms with Crippen LogP contribution in [0, 0.1) is 6.92 Å². The van der Waals surface area contributed by atoms with E-state index in [0.717, 1.165) is 12.0 Å². The Hall–Kier alpha value is -3.36. The summed E-state index contributed by atoms with van der Waals surface area (Å²) < 4.78 is 27.7. The predicted octanol–water partition coefficient (Wildman–Crippen LogP) is 5.23. The van der Waals surface area contributed by atoms with E-state index in [0.29, 0.717) is 11.3 Å². The molecule has 0 saturated carbocycles. The molecule has 0 fully saturated rings. The van der Waals surface area contributed by atoms with Gasteiger partial charge in [0, 0.05) is 6.04 Å². The highest BCUT2D eigenvalue weighted by molar-refractivity contribution is 7.92. The zero-order chi connectivity index (χ0) is 24.9. The highest BCUT2D eigenvalue weighted by Crippen LogP contribution is 2.25. The van der Waals surface area contributed by atoms with E-state index >= 15 is 0 Å². The Bertz CT molecular complexity index is 1310. The minimum Gasteiger partial charge on any atom is -0.350 e. The summed E-state index contributed by atoms with van der Waals surface area (Å²) in [6.07, 6.45) is 0.774. The minimum atomic E-state index is -3.81. The summed E-state index contributed by atoms with van der Waals surface area (Å²) in [5.41, 5.74) is 1.96. The van der Waals surface area contributed by atoms with Crippen LogP contribution >= 0.6 is 11.6 Å². The third kappa shape index (κ3) is 6.15. The van der Waals surface area contributed by atoms with E-state index in [1.54, 1.807) is 36.4 Å². The maximum atomic E-state index is 12.9. The zero-order valence-electron chi connectivity index (χ0n) is 19.1. The van der Waals surface area contributed by atoms with Crippen molar-refractivity contribution in [1.82, 2.24) is 5.32 Å². The lowest BCUT2D eigenvalue weighted by molar-refractivity contribution is 0.0940. The fourth-order valence-corrected chi connectivity index (χ4v) is 4.39. The topological polar surface area (TPSA) is 104 Å². The van der Waals surface area contributed by atoms with Crippen LogP contribution in [-0.2, 0) is 10.0 Å². The van der Waals surface area contributed by atoms with Gasteiger partial charge in [0.05, 0.1) is 32.4 Å². The molecule has 0 aliphatic rings. The van der Waals surface area contributed by atoms with Gasteiger partial charge < -0.3 is 10.6 Å². The average molecular weight is 500 g/mol. The summed E-state index contributed by atoms with van der Waals surface area (Å²) in [6.45, 7) is 5.72. The molecule has 3 aromatic rings. The second kappa shape index (κ2) is 10.7. The van der Waals surface area contributed by atoms with Gasteiger partial charge in [-0.1, -0.05) is 48.4 Å². The number of nitrogens with one attached hydrogen (secondary N) is 3. The van der Waals surface area contributed by atoms with Crippen molar-refractivity contribution in [3.8, 4) is 0 Å². The Balaban J connectivity index is 1.78. The van der Waals surface area contributed by atoms with Gasteiger partial charge in [0.15, 0.2) is 0 Å². The summed E-state index contributed by atoms with van der Waals surface area (Å²) in [5.74, 6) is -0.820. The van der Waals surface area contributed by atoms with Crippen molar-refractivity contribution in [3.63, 3.8) is 0 Å². The number of sulfonamides is 1. The largest absolute Gasteiger partial charge is 0.350 e. The Morgan fingerprint density at radius 1 is 0.941 bits per heavy atom. The first-order valence-electron chi connectivity index (χ1n) is 10.7. The van der Waals surface area contributed by atoms with E-state index in [9.17, 15) is 18.0 Å². The van der Waals surface area contributed by atoms with Crippen molar-refractivity contribution in [2.75, 3.05) is 10.0 Å². The van der Waals surface area contributed by atoms with E-state index in [-0.39, 0.29) is 33.1 Å². The number of rotatable bonds is 8. The molecule has 34 heavy (non-hydrogen) atoms. The summed E-state index contributed by atoms with van der Waals surface area (Å²) in [6, 6.07) is 17.3. The van der Waals surface area contributed by atoms with Crippen LogP contribution in [0.5, 0.6) is 0 Å². The summed E-state index contributed by atoms with van der Waals surface area (Å²) in [7, 11) is -3.81. The van der Waals surface area contributed by atoms with Crippen LogP contribution in [-0.4, -0.2) is 26.3 Å². The molecular weight excluding hydrogens is 474 g/mol. The maximum absolute atomic E-state index is 12.9. The molecule has 0 aromatic heterocycles. The molecule has 0 spiro atoms. The van der Waals surface area contributed by atoms with Gasteiger partial charge in [-0.25, -0.2) is 8.42 Å². The van der Waals surface area contributed by atoms with Crippen LogP contribution in [0.3, 0.4) is 0 Å². The van der Waals surface area contributed by atoms with Gasteiger partial charge in [0.2, 0.25) is 0 Å². The molecule has 7 nitrogen and oxygen atoms in total. The molecule has 178 valence electrons.